The van der Waals surface area contributed by atoms with E-state index in [2.05, 4.69) is 16.0 Å². The first kappa shape index (κ1) is 22.8. The van der Waals surface area contributed by atoms with Crippen molar-refractivity contribution in [3.63, 3.8) is 0 Å². The van der Waals surface area contributed by atoms with E-state index in [9.17, 15) is 13.6 Å². The molecule has 3 aromatic rings. The van der Waals surface area contributed by atoms with Crippen LogP contribution in [0.5, 0.6) is 0 Å². The molecule has 34 heavy (non-hydrogen) atoms. The average molecular weight is 469 g/mol. The van der Waals surface area contributed by atoms with Crippen molar-refractivity contribution in [3.05, 3.63) is 53.9 Å². The van der Waals surface area contributed by atoms with E-state index in [1.165, 1.54) is 6.07 Å². The van der Waals surface area contributed by atoms with Crippen molar-refractivity contribution in [1.29, 1.82) is 0 Å². The number of aromatic nitrogens is 2. The van der Waals surface area contributed by atoms with Gasteiger partial charge in [0.2, 0.25) is 5.91 Å². The molecule has 6 nitrogen and oxygen atoms in total. The molecule has 2 aromatic carbocycles. The van der Waals surface area contributed by atoms with Crippen LogP contribution in [0.4, 0.5) is 20.2 Å². The summed E-state index contributed by atoms with van der Waals surface area (Å²) in [5.41, 5.74) is 3.22. The number of piperidine rings is 1. The van der Waals surface area contributed by atoms with Crippen LogP contribution < -0.4 is 10.2 Å². The number of nitrogens with one attached hydrogen (secondary N) is 1. The first-order chi connectivity index (χ1) is 16.5. The predicted molar refractivity (Wildman–Crippen MR) is 128 cm³/mol. The average Bonchev–Trinajstić information content (AvgIpc) is 3.24. The summed E-state index contributed by atoms with van der Waals surface area (Å²) >= 11 is 0. The lowest BCUT2D eigenvalue weighted by Crippen LogP contribution is -2.40. The fraction of sp³-hybridized carbons (Fsp3) is 0.462. The molecule has 1 amide bonds. The number of anilines is 2. The van der Waals surface area contributed by atoms with Gasteiger partial charge in [0, 0.05) is 44.1 Å². The minimum Gasteiger partial charge on any atom is -0.388 e. The molecule has 8 heteroatoms. The van der Waals surface area contributed by atoms with Crippen molar-refractivity contribution in [3.8, 4) is 0 Å². The third-order valence-corrected chi connectivity index (χ3v) is 7.28. The molecule has 5 rings (SSSR count). The molecular weight excluding hydrogens is 438 g/mol. The highest BCUT2D eigenvalue weighted by molar-refractivity contribution is 5.95. The van der Waals surface area contributed by atoms with Crippen molar-refractivity contribution < 1.29 is 18.3 Å². The number of nitrogens with zero attached hydrogens (tertiary/aromatic N) is 3. The summed E-state index contributed by atoms with van der Waals surface area (Å²) in [5.74, 6) is -1.17. The number of carbonyl (C=O) groups excluding carboxylic acids is 1. The van der Waals surface area contributed by atoms with Gasteiger partial charge in [-0.15, -0.1) is 0 Å². The number of hydrogen-bond donors (Lipinski definition) is 1. The molecule has 1 atom stereocenters. The third kappa shape index (κ3) is 4.04. The Morgan fingerprint density at radius 1 is 1.03 bits per heavy atom. The smallest absolute Gasteiger partial charge is 0.227 e. The van der Waals surface area contributed by atoms with Crippen LogP contribution in [-0.2, 0) is 9.53 Å². The summed E-state index contributed by atoms with van der Waals surface area (Å²) < 4.78 is 35.6. The number of imidazole rings is 1. The zero-order chi connectivity index (χ0) is 23.8. The van der Waals surface area contributed by atoms with Crippen LogP contribution in [0.3, 0.4) is 0 Å². The lowest BCUT2D eigenvalue weighted by atomic mass is 9.92. The van der Waals surface area contributed by atoms with Crippen LogP contribution >= 0.6 is 0 Å². The first-order valence-electron chi connectivity index (χ1n) is 12.0. The Morgan fingerprint density at radius 3 is 2.53 bits per heavy atom. The van der Waals surface area contributed by atoms with Gasteiger partial charge in [0.05, 0.1) is 23.2 Å². The van der Waals surface area contributed by atoms with E-state index in [4.69, 9.17) is 9.72 Å². The Hall–Kier alpha value is -3.00. The molecule has 1 aliphatic carbocycles. The molecule has 1 aromatic heterocycles. The van der Waals surface area contributed by atoms with E-state index in [1.807, 2.05) is 19.2 Å². The van der Waals surface area contributed by atoms with E-state index >= 15 is 0 Å². The van der Waals surface area contributed by atoms with Gasteiger partial charge < -0.3 is 19.5 Å². The molecule has 2 heterocycles. The Labute approximate surface area is 197 Å². The minimum atomic E-state index is -0.959. The van der Waals surface area contributed by atoms with Crippen LogP contribution in [0.2, 0.25) is 0 Å². The third-order valence-electron chi connectivity index (χ3n) is 7.28. The van der Waals surface area contributed by atoms with Gasteiger partial charge in [-0.25, -0.2) is 13.8 Å². The van der Waals surface area contributed by atoms with E-state index in [-0.39, 0.29) is 24.1 Å². The minimum absolute atomic E-state index is 0.0973. The highest BCUT2D eigenvalue weighted by Crippen LogP contribution is 2.41. The van der Waals surface area contributed by atoms with Gasteiger partial charge in [0.25, 0.3) is 0 Å². The van der Waals surface area contributed by atoms with Crippen molar-refractivity contribution in [1.82, 2.24) is 9.55 Å². The number of fused-ring (bicyclic) bond motifs is 1. The molecule has 0 unspecified atom stereocenters. The van der Waals surface area contributed by atoms with Gasteiger partial charge in [-0.1, -0.05) is 0 Å². The number of amides is 1. The monoisotopic (exact) mass is 468 g/mol. The standard InChI is InChI=1S/C26H30F2N4O2/c1-29-16-6-13-23-22(14-16)30-26(32(23)17-7-10-19(34-2)11-8-17)24-4-3-5-25(33)31(24)18-9-12-20(27)21(28)15-18/h6,9,12-15,17,19,24,29H,3-5,7-8,10-11H2,1-2H3/t17-,19-,24-/m0/s1. The van der Waals surface area contributed by atoms with Gasteiger partial charge in [0.1, 0.15) is 5.82 Å². The number of ether oxygens (including phenoxy) is 1. The molecular formula is C26H30F2N4O2. The van der Waals surface area contributed by atoms with Gasteiger partial charge in [-0.05, 0) is 68.9 Å². The zero-order valence-electron chi connectivity index (χ0n) is 19.6. The summed E-state index contributed by atoms with van der Waals surface area (Å²) in [5, 5.41) is 3.17. The number of rotatable bonds is 5. The van der Waals surface area contributed by atoms with Crippen molar-refractivity contribution in [2.75, 3.05) is 24.4 Å². The van der Waals surface area contributed by atoms with E-state index in [0.29, 0.717) is 18.5 Å². The van der Waals surface area contributed by atoms with Crippen LogP contribution in [0.15, 0.2) is 36.4 Å². The number of halogens is 2. The lowest BCUT2D eigenvalue weighted by Gasteiger charge is -2.37. The van der Waals surface area contributed by atoms with E-state index < -0.39 is 11.6 Å². The summed E-state index contributed by atoms with van der Waals surface area (Å²) in [6, 6.07) is 9.68. The second kappa shape index (κ2) is 9.33. The van der Waals surface area contributed by atoms with E-state index in [0.717, 1.165) is 66.8 Å². The van der Waals surface area contributed by atoms with Crippen LogP contribution in [-0.4, -0.2) is 35.7 Å². The number of methoxy groups -OCH3 is 1. The second-order valence-corrected chi connectivity index (χ2v) is 9.23. The maximum absolute atomic E-state index is 14.1. The zero-order valence-corrected chi connectivity index (χ0v) is 19.6. The molecule has 0 spiro atoms. The van der Waals surface area contributed by atoms with Gasteiger partial charge in [-0.3, -0.25) is 4.79 Å². The van der Waals surface area contributed by atoms with Crippen LogP contribution in [0, 0.1) is 11.6 Å². The van der Waals surface area contributed by atoms with Crippen molar-refractivity contribution in [2.45, 2.75) is 63.1 Å². The van der Waals surface area contributed by atoms with E-state index in [1.54, 1.807) is 12.0 Å². The largest absolute Gasteiger partial charge is 0.388 e. The van der Waals surface area contributed by atoms with Crippen LogP contribution in [0.1, 0.15) is 62.9 Å². The maximum Gasteiger partial charge on any atom is 0.227 e. The summed E-state index contributed by atoms with van der Waals surface area (Å²) in [7, 11) is 3.63. The molecule has 1 saturated heterocycles. The van der Waals surface area contributed by atoms with Crippen LogP contribution in [0.25, 0.3) is 11.0 Å². The second-order valence-electron chi connectivity index (χ2n) is 9.23. The topological polar surface area (TPSA) is 59.4 Å². The summed E-state index contributed by atoms with van der Waals surface area (Å²) in [4.78, 5) is 19.8. The first-order valence-corrected chi connectivity index (χ1v) is 12.0. The Morgan fingerprint density at radius 2 is 1.82 bits per heavy atom. The Balaban J connectivity index is 1.63. The number of benzene rings is 2. The molecule has 2 fully saturated rings. The quantitative estimate of drug-likeness (QED) is 0.518. The summed E-state index contributed by atoms with van der Waals surface area (Å²) in [6.07, 6.45) is 5.91. The maximum atomic E-state index is 14.1. The lowest BCUT2D eigenvalue weighted by molar-refractivity contribution is -0.120. The van der Waals surface area contributed by atoms with Crippen molar-refractivity contribution in [2.24, 2.45) is 0 Å². The number of hydrogen-bond acceptors (Lipinski definition) is 4. The predicted octanol–water partition coefficient (Wildman–Crippen LogP) is 5.74. The van der Waals surface area contributed by atoms with Gasteiger partial charge >= 0.3 is 0 Å². The van der Waals surface area contributed by atoms with Gasteiger partial charge in [-0.2, -0.15) is 0 Å². The SMILES string of the molecule is CNc1ccc2c(c1)nc([C@@H]1CCCC(=O)N1c1ccc(F)c(F)c1)n2[C@H]1CC[C@H](OC)CC1. The molecule has 1 N–H and O–H groups in total. The molecule has 1 saturated carbocycles. The highest BCUT2D eigenvalue weighted by Gasteiger charge is 2.36. The van der Waals surface area contributed by atoms with Crippen molar-refractivity contribution >= 4 is 28.3 Å². The fourth-order valence-electron chi connectivity index (χ4n) is 5.50. The Kier molecular flexibility index (Phi) is 6.25. The molecule has 0 radical (unpaired) electrons. The fourth-order valence-corrected chi connectivity index (χ4v) is 5.50. The molecule has 0 bridgehead atoms. The normalized spacial score (nSPS) is 23.5. The molecule has 2 aliphatic rings. The molecule has 180 valence electrons. The van der Waals surface area contributed by atoms with Gasteiger partial charge in [0.15, 0.2) is 11.6 Å². The number of carbonyl (C=O) groups is 1. The Bertz CT molecular complexity index is 1200. The summed E-state index contributed by atoms with van der Waals surface area (Å²) in [6.45, 7) is 0. The highest BCUT2D eigenvalue weighted by atomic mass is 19.2. The molecule has 1 aliphatic heterocycles.